The lowest BCUT2D eigenvalue weighted by atomic mass is 10.0. The van der Waals surface area contributed by atoms with Crippen molar-refractivity contribution in [3.05, 3.63) is 39.7 Å². The SMILES string of the molecule is CCCc1c(C)c2ccc(N)cc2oc1=O. The fourth-order valence-electron chi connectivity index (χ4n) is 1.95. The molecular formula is C13H15NO2. The Morgan fingerprint density at radius 3 is 2.81 bits per heavy atom. The predicted octanol–water partition coefficient (Wildman–Crippen LogP) is 2.64. The minimum Gasteiger partial charge on any atom is -0.422 e. The van der Waals surface area contributed by atoms with Gasteiger partial charge in [0.05, 0.1) is 0 Å². The Morgan fingerprint density at radius 1 is 1.38 bits per heavy atom. The molecule has 1 aromatic heterocycles. The van der Waals surface area contributed by atoms with Crippen LogP contribution in [0.5, 0.6) is 0 Å². The number of anilines is 1. The van der Waals surface area contributed by atoms with Gasteiger partial charge in [-0.05, 0) is 31.0 Å². The van der Waals surface area contributed by atoms with Gasteiger partial charge in [0.1, 0.15) is 5.58 Å². The molecule has 0 atom stereocenters. The van der Waals surface area contributed by atoms with Crippen molar-refractivity contribution in [3.63, 3.8) is 0 Å². The Kier molecular flexibility index (Phi) is 2.69. The molecule has 0 aliphatic heterocycles. The van der Waals surface area contributed by atoms with Crippen molar-refractivity contribution >= 4 is 16.7 Å². The van der Waals surface area contributed by atoms with Crippen LogP contribution in [0.2, 0.25) is 0 Å². The van der Waals surface area contributed by atoms with Gasteiger partial charge in [-0.2, -0.15) is 0 Å². The minimum absolute atomic E-state index is 0.238. The zero-order valence-corrected chi connectivity index (χ0v) is 9.54. The Labute approximate surface area is 93.9 Å². The highest BCUT2D eigenvalue weighted by atomic mass is 16.4. The largest absolute Gasteiger partial charge is 0.422 e. The van der Waals surface area contributed by atoms with Crippen molar-refractivity contribution in [1.29, 1.82) is 0 Å². The number of nitrogen functional groups attached to an aromatic ring is 1. The molecule has 84 valence electrons. The maximum absolute atomic E-state index is 11.7. The summed E-state index contributed by atoms with van der Waals surface area (Å²) < 4.78 is 5.27. The van der Waals surface area contributed by atoms with Crippen molar-refractivity contribution in [1.82, 2.24) is 0 Å². The van der Waals surface area contributed by atoms with E-state index in [1.165, 1.54) is 0 Å². The first-order chi connectivity index (χ1) is 7.63. The van der Waals surface area contributed by atoms with E-state index in [1.54, 1.807) is 6.07 Å². The molecule has 2 aromatic rings. The number of hydrogen-bond donors (Lipinski definition) is 1. The van der Waals surface area contributed by atoms with Crippen molar-refractivity contribution in [2.75, 3.05) is 5.73 Å². The van der Waals surface area contributed by atoms with Gasteiger partial charge in [-0.25, -0.2) is 4.79 Å². The second-order valence-corrected chi connectivity index (χ2v) is 4.00. The molecule has 2 rings (SSSR count). The van der Waals surface area contributed by atoms with Crippen LogP contribution >= 0.6 is 0 Å². The summed E-state index contributed by atoms with van der Waals surface area (Å²) in [7, 11) is 0. The maximum atomic E-state index is 11.7. The Bertz CT molecular complexity index is 584. The third-order valence-electron chi connectivity index (χ3n) is 2.81. The Balaban J connectivity index is 2.78. The van der Waals surface area contributed by atoms with Crippen molar-refractivity contribution < 1.29 is 4.42 Å². The Morgan fingerprint density at radius 2 is 2.12 bits per heavy atom. The minimum atomic E-state index is -0.238. The molecule has 0 amide bonds. The fourth-order valence-corrected chi connectivity index (χ4v) is 1.95. The molecule has 1 aromatic carbocycles. The van der Waals surface area contributed by atoms with E-state index in [1.807, 2.05) is 26.0 Å². The van der Waals surface area contributed by atoms with Crippen LogP contribution in [0.1, 0.15) is 24.5 Å². The summed E-state index contributed by atoms with van der Waals surface area (Å²) in [6.07, 6.45) is 1.70. The average Bonchev–Trinajstić information content (AvgIpc) is 2.23. The van der Waals surface area contributed by atoms with Crippen LogP contribution in [0, 0.1) is 6.92 Å². The van der Waals surface area contributed by atoms with Gasteiger partial charge in [0.15, 0.2) is 0 Å². The highest BCUT2D eigenvalue weighted by Crippen LogP contribution is 2.22. The van der Waals surface area contributed by atoms with E-state index >= 15 is 0 Å². The predicted molar refractivity (Wildman–Crippen MR) is 65.6 cm³/mol. The number of nitrogens with two attached hydrogens (primary N) is 1. The van der Waals surface area contributed by atoms with Crippen LogP contribution in [0.4, 0.5) is 5.69 Å². The molecule has 0 unspecified atom stereocenters. The van der Waals surface area contributed by atoms with Crippen LogP contribution in [-0.4, -0.2) is 0 Å². The van der Waals surface area contributed by atoms with Gasteiger partial charge in [-0.3, -0.25) is 0 Å². The van der Waals surface area contributed by atoms with E-state index in [2.05, 4.69) is 0 Å². The highest BCUT2D eigenvalue weighted by molar-refractivity contribution is 5.83. The molecule has 0 radical (unpaired) electrons. The molecule has 0 aliphatic carbocycles. The molecule has 1 heterocycles. The number of benzene rings is 1. The second-order valence-electron chi connectivity index (χ2n) is 4.00. The van der Waals surface area contributed by atoms with E-state index in [9.17, 15) is 4.79 Å². The molecule has 3 heteroatoms. The quantitative estimate of drug-likeness (QED) is 0.621. The van der Waals surface area contributed by atoms with Crippen LogP contribution in [-0.2, 0) is 6.42 Å². The fraction of sp³-hybridized carbons (Fsp3) is 0.308. The first-order valence-electron chi connectivity index (χ1n) is 5.45. The first kappa shape index (κ1) is 10.7. The van der Waals surface area contributed by atoms with Crippen LogP contribution in [0.25, 0.3) is 11.0 Å². The summed E-state index contributed by atoms with van der Waals surface area (Å²) in [5, 5.41) is 0.970. The average molecular weight is 217 g/mol. The van der Waals surface area contributed by atoms with Gasteiger partial charge in [-0.1, -0.05) is 13.3 Å². The number of rotatable bonds is 2. The molecule has 0 saturated heterocycles. The van der Waals surface area contributed by atoms with Crippen LogP contribution in [0.15, 0.2) is 27.4 Å². The normalized spacial score (nSPS) is 10.9. The van der Waals surface area contributed by atoms with E-state index < -0.39 is 0 Å². The van der Waals surface area contributed by atoms with Gasteiger partial charge in [0, 0.05) is 22.7 Å². The van der Waals surface area contributed by atoms with Gasteiger partial charge in [0.25, 0.3) is 0 Å². The molecular weight excluding hydrogens is 202 g/mol. The lowest BCUT2D eigenvalue weighted by molar-refractivity contribution is 0.547. The lowest BCUT2D eigenvalue weighted by Gasteiger charge is -2.06. The molecule has 0 saturated carbocycles. The standard InChI is InChI=1S/C13H15NO2/c1-3-4-11-8(2)10-6-5-9(14)7-12(10)16-13(11)15/h5-7H,3-4,14H2,1-2H3. The van der Waals surface area contributed by atoms with E-state index in [0.717, 1.165) is 29.4 Å². The molecule has 0 spiro atoms. The third kappa shape index (κ3) is 1.69. The highest BCUT2D eigenvalue weighted by Gasteiger charge is 2.10. The molecule has 3 nitrogen and oxygen atoms in total. The van der Waals surface area contributed by atoms with Crippen LogP contribution in [0.3, 0.4) is 0 Å². The van der Waals surface area contributed by atoms with Crippen molar-refractivity contribution in [2.45, 2.75) is 26.7 Å². The van der Waals surface area contributed by atoms with E-state index in [-0.39, 0.29) is 5.63 Å². The number of aryl methyl sites for hydroxylation is 1. The summed E-state index contributed by atoms with van der Waals surface area (Å²) in [6.45, 7) is 4.01. The Hall–Kier alpha value is -1.77. The summed E-state index contributed by atoms with van der Waals surface area (Å²) in [5.41, 5.74) is 8.39. The summed E-state index contributed by atoms with van der Waals surface area (Å²) in [4.78, 5) is 11.7. The topological polar surface area (TPSA) is 56.2 Å². The van der Waals surface area contributed by atoms with Gasteiger partial charge < -0.3 is 10.2 Å². The van der Waals surface area contributed by atoms with Gasteiger partial charge >= 0.3 is 5.63 Å². The molecule has 16 heavy (non-hydrogen) atoms. The first-order valence-corrected chi connectivity index (χ1v) is 5.45. The molecule has 0 bridgehead atoms. The molecule has 0 aliphatic rings. The van der Waals surface area contributed by atoms with E-state index in [4.69, 9.17) is 10.2 Å². The molecule has 0 fully saturated rings. The lowest BCUT2D eigenvalue weighted by Crippen LogP contribution is -2.10. The van der Waals surface area contributed by atoms with Gasteiger partial charge in [-0.15, -0.1) is 0 Å². The molecule has 2 N–H and O–H groups in total. The zero-order valence-electron chi connectivity index (χ0n) is 9.54. The van der Waals surface area contributed by atoms with Gasteiger partial charge in [0.2, 0.25) is 0 Å². The zero-order chi connectivity index (χ0) is 11.7. The smallest absolute Gasteiger partial charge is 0.339 e. The summed E-state index contributed by atoms with van der Waals surface area (Å²) in [6, 6.07) is 5.42. The number of hydrogen-bond acceptors (Lipinski definition) is 3. The van der Waals surface area contributed by atoms with E-state index in [0.29, 0.717) is 11.3 Å². The second kappa shape index (κ2) is 4.00. The third-order valence-corrected chi connectivity index (χ3v) is 2.81. The van der Waals surface area contributed by atoms with Crippen molar-refractivity contribution in [2.24, 2.45) is 0 Å². The van der Waals surface area contributed by atoms with Crippen LogP contribution < -0.4 is 11.4 Å². The monoisotopic (exact) mass is 217 g/mol. The summed E-state index contributed by atoms with van der Waals surface area (Å²) in [5.74, 6) is 0. The summed E-state index contributed by atoms with van der Waals surface area (Å²) >= 11 is 0. The number of fused-ring (bicyclic) bond motifs is 1. The van der Waals surface area contributed by atoms with Crippen molar-refractivity contribution in [3.8, 4) is 0 Å². The maximum Gasteiger partial charge on any atom is 0.339 e.